The average molecular weight is 423 g/mol. The summed E-state index contributed by atoms with van der Waals surface area (Å²) in [6.45, 7) is 1.38. The Bertz CT molecular complexity index is 961. The Morgan fingerprint density at radius 1 is 1.07 bits per heavy atom. The third kappa shape index (κ3) is 5.29. The summed E-state index contributed by atoms with van der Waals surface area (Å²) in [5, 5.41) is 6.92. The number of hydrogen-bond donors (Lipinski definition) is 3. The summed E-state index contributed by atoms with van der Waals surface area (Å²) >= 11 is 1.04. The molecule has 2 aromatic rings. The van der Waals surface area contributed by atoms with E-state index in [2.05, 4.69) is 16.0 Å². The summed E-state index contributed by atoms with van der Waals surface area (Å²) < 4.78 is 38.4. The molecule has 0 radical (unpaired) electrons. The number of halogens is 3. The molecule has 0 spiro atoms. The van der Waals surface area contributed by atoms with Crippen molar-refractivity contribution in [1.82, 2.24) is 0 Å². The van der Waals surface area contributed by atoms with E-state index in [4.69, 9.17) is 0 Å². The van der Waals surface area contributed by atoms with Gasteiger partial charge in [0.05, 0.1) is 16.5 Å². The Labute approximate surface area is 168 Å². The molecule has 0 saturated carbocycles. The van der Waals surface area contributed by atoms with Crippen LogP contribution in [0.3, 0.4) is 0 Å². The van der Waals surface area contributed by atoms with Crippen LogP contribution in [0.4, 0.5) is 30.2 Å². The van der Waals surface area contributed by atoms with Gasteiger partial charge in [0.15, 0.2) is 0 Å². The van der Waals surface area contributed by atoms with Crippen LogP contribution in [-0.4, -0.2) is 23.0 Å². The van der Waals surface area contributed by atoms with E-state index in [0.717, 1.165) is 23.9 Å². The van der Waals surface area contributed by atoms with Crippen molar-refractivity contribution >= 4 is 46.5 Å². The van der Waals surface area contributed by atoms with E-state index in [1.807, 2.05) is 0 Å². The zero-order valence-electron chi connectivity index (χ0n) is 15.1. The number of carbonyl (C=O) groups excluding carboxylic acids is 3. The molecule has 2 aromatic carbocycles. The molecule has 1 heterocycles. The molecule has 10 heteroatoms. The molecule has 0 aliphatic carbocycles. The molecule has 0 aromatic heterocycles. The topological polar surface area (TPSA) is 87.3 Å². The fraction of sp³-hybridized carbons (Fsp3) is 0.211. The van der Waals surface area contributed by atoms with Gasteiger partial charge in [0.2, 0.25) is 17.7 Å². The van der Waals surface area contributed by atoms with E-state index in [1.54, 1.807) is 24.3 Å². The molecular formula is C19H16F3N3O3S. The van der Waals surface area contributed by atoms with Gasteiger partial charge in [0, 0.05) is 29.6 Å². The molecule has 152 valence electrons. The molecule has 1 atom stereocenters. The molecule has 1 aliphatic heterocycles. The highest BCUT2D eigenvalue weighted by atomic mass is 32.2. The number of fused-ring (bicyclic) bond motifs is 1. The lowest BCUT2D eigenvalue weighted by Gasteiger charge is -2.24. The lowest BCUT2D eigenvalue weighted by Crippen LogP contribution is -2.32. The van der Waals surface area contributed by atoms with Crippen LogP contribution in [0.2, 0.25) is 0 Å². The Hall–Kier alpha value is -3.01. The summed E-state index contributed by atoms with van der Waals surface area (Å²) in [7, 11) is 0. The summed E-state index contributed by atoms with van der Waals surface area (Å²) in [6.07, 6.45) is -4.65. The fourth-order valence-electron chi connectivity index (χ4n) is 2.68. The predicted molar refractivity (Wildman–Crippen MR) is 104 cm³/mol. The lowest BCUT2D eigenvalue weighted by atomic mass is 10.1. The maximum absolute atomic E-state index is 12.8. The first-order valence-electron chi connectivity index (χ1n) is 8.48. The molecule has 6 nitrogen and oxygen atoms in total. The van der Waals surface area contributed by atoms with Gasteiger partial charge in [-0.2, -0.15) is 13.2 Å². The van der Waals surface area contributed by atoms with E-state index in [-0.39, 0.29) is 18.0 Å². The number of alkyl halides is 3. The molecule has 3 N–H and O–H groups in total. The van der Waals surface area contributed by atoms with E-state index in [9.17, 15) is 27.6 Å². The lowest BCUT2D eigenvalue weighted by molar-refractivity contribution is -0.137. The van der Waals surface area contributed by atoms with Crippen LogP contribution < -0.4 is 16.0 Å². The minimum Gasteiger partial charge on any atom is -0.326 e. The van der Waals surface area contributed by atoms with Crippen molar-refractivity contribution in [2.75, 3.05) is 16.0 Å². The first-order valence-corrected chi connectivity index (χ1v) is 9.36. The number of nitrogens with one attached hydrogen (secondary N) is 3. The van der Waals surface area contributed by atoms with E-state index in [0.29, 0.717) is 16.3 Å². The number of benzene rings is 2. The summed E-state index contributed by atoms with van der Waals surface area (Å²) in [5.41, 5.74) is 0.296. The van der Waals surface area contributed by atoms with E-state index < -0.39 is 28.8 Å². The smallest absolute Gasteiger partial charge is 0.326 e. The Balaban J connectivity index is 1.63. The molecule has 0 fully saturated rings. The molecule has 1 unspecified atom stereocenters. The largest absolute Gasteiger partial charge is 0.416 e. The highest BCUT2D eigenvalue weighted by Gasteiger charge is 2.34. The number of hydrogen-bond acceptors (Lipinski definition) is 4. The van der Waals surface area contributed by atoms with Crippen molar-refractivity contribution in [3.05, 3.63) is 48.0 Å². The normalized spacial score (nSPS) is 15.9. The third-order valence-electron chi connectivity index (χ3n) is 3.99. The molecule has 1 aliphatic rings. The second-order valence-corrected chi connectivity index (χ2v) is 7.56. The van der Waals surface area contributed by atoms with Crippen molar-refractivity contribution in [3.63, 3.8) is 0 Å². The van der Waals surface area contributed by atoms with Crippen molar-refractivity contribution < 1.29 is 27.6 Å². The number of thioether (sulfide) groups is 1. The van der Waals surface area contributed by atoms with Crippen molar-refractivity contribution in [3.8, 4) is 0 Å². The predicted octanol–water partition coefficient (Wildman–Crippen LogP) is 4.11. The van der Waals surface area contributed by atoms with Gasteiger partial charge in [-0.3, -0.25) is 14.4 Å². The SMILES string of the molecule is CC(=O)Nc1ccc(NC(=O)CC2Sc3ccc(C(F)(F)F)cc3NC2=O)cc1. The number of rotatable bonds is 4. The average Bonchev–Trinajstić information content (AvgIpc) is 2.62. The van der Waals surface area contributed by atoms with Crippen LogP contribution in [0.25, 0.3) is 0 Å². The Morgan fingerprint density at radius 3 is 2.28 bits per heavy atom. The summed E-state index contributed by atoms with van der Waals surface area (Å²) in [6, 6.07) is 9.55. The quantitative estimate of drug-likeness (QED) is 0.691. The maximum atomic E-state index is 12.8. The second kappa shape index (κ2) is 8.16. The van der Waals surface area contributed by atoms with Crippen LogP contribution in [0.1, 0.15) is 18.9 Å². The zero-order valence-corrected chi connectivity index (χ0v) is 15.9. The molecule has 29 heavy (non-hydrogen) atoms. The van der Waals surface area contributed by atoms with Crippen molar-refractivity contribution in [2.24, 2.45) is 0 Å². The maximum Gasteiger partial charge on any atom is 0.416 e. The van der Waals surface area contributed by atoms with Gasteiger partial charge in [-0.15, -0.1) is 11.8 Å². The van der Waals surface area contributed by atoms with E-state index >= 15 is 0 Å². The molecule has 3 rings (SSSR count). The van der Waals surface area contributed by atoms with Gasteiger partial charge in [0.25, 0.3) is 0 Å². The third-order valence-corrected chi connectivity index (χ3v) is 5.26. The monoisotopic (exact) mass is 423 g/mol. The van der Waals surface area contributed by atoms with Crippen LogP contribution in [-0.2, 0) is 20.6 Å². The van der Waals surface area contributed by atoms with Gasteiger partial charge in [-0.05, 0) is 42.5 Å². The number of carbonyl (C=O) groups is 3. The second-order valence-electron chi connectivity index (χ2n) is 6.32. The van der Waals surface area contributed by atoms with Gasteiger partial charge < -0.3 is 16.0 Å². The highest BCUT2D eigenvalue weighted by Crippen LogP contribution is 2.40. The summed E-state index contributed by atoms with van der Waals surface area (Å²) in [5.74, 6) is -1.16. The van der Waals surface area contributed by atoms with E-state index in [1.165, 1.54) is 13.0 Å². The van der Waals surface area contributed by atoms with Crippen LogP contribution in [0.5, 0.6) is 0 Å². The summed E-state index contributed by atoms with van der Waals surface area (Å²) in [4.78, 5) is 36.0. The van der Waals surface area contributed by atoms with Crippen molar-refractivity contribution in [2.45, 2.75) is 29.7 Å². The van der Waals surface area contributed by atoms with Gasteiger partial charge in [-0.1, -0.05) is 0 Å². The van der Waals surface area contributed by atoms with Crippen LogP contribution in [0.15, 0.2) is 47.4 Å². The molecular weight excluding hydrogens is 407 g/mol. The van der Waals surface area contributed by atoms with Crippen molar-refractivity contribution in [1.29, 1.82) is 0 Å². The van der Waals surface area contributed by atoms with Gasteiger partial charge in [-0.25, -0.2) is 0 Å². The molecule has 0 bridgehead atoms. The standard InChI is InChI=1S/C19H16F3N3O3S/c1-10(26)23-12-3-5-13(6-4-12)24-17(27)9-16-18(28)25-14-8-11(19(20,21)22)2-7-15(14)29-16/h2-8,16H,9H2,1H3,(H,23,26)(H,24,27)(H,25,28). The minimum absolute atomic E-state index is 0.0834. The molecule has 0 saturated heterocycles. The Kier molecular flexibility index (Phi) is 5.83. The van der Waals surface area contributed by atoms with Gasteiger partial charge in [0.1, 0.15) is 0 Å². The molecule has 3 amide bonds. The Morgan fingerprint density at radius 2 is 1.69 bits per heavy atom. The van der Waals surface area contributed by atoms with Crippen LogP contribution in [0, 0.1) is 0 Å². The number of amides is 3. The fourth-order valence-corrected chi connectivity index (χ4v) is 3.77. The minimum atomic E-state index is -4.50. The highest BCUT2D eigenvalue weighted by molar-refractivity contribution is 8.01. The first-order chi connectivity index (χ1) is 13.6. The van der Waals surface area contributed by atoms with Gasteiger partial charge >= 0.3 is 6.18 Å². The van der Waals surface area contributed by atoms with Crippen LogP contribution >= 0.6 is 11.8 Å². The first kappa shape index (κ1) is 20.7. The zero-order chi connectivity index (χ0) is 21.2. The number of anilines is 3.